The van der Waals surface area contributed by atoms with E-state index in [0.717, 1.165) is 19.4 Å². The van der Waals surface area contributed by atoms with Gasteiger partial charge in [0.05, 0.1) is 0 Å². The Hall–Kier alpha value is -0.600. The molecule has 1 rings (SSSR count). The molecule has 0 spiro atoms. The standard InChI is InChI=1S/C14H23NS/c1-5-8-15-13(10-11(3)4)14-12(6-2)7-9-16-14/h7,9,13,15H,3,5-6,8,10H2,1-2,4H3. The van der Waals surface area contributed by atoms with Crippen LogP contribution in [-0.2, 0) is 6.42 Å². The fourth-order valence-electron chi connectivity index (χ4n) is 1.87. The van der Waals surface area contributed by atoms with E-state index in [0.29, 0.717) is 6.04 Å². The van der Waals surface area contributed by atoms with Gasteiger partial charge in [0.15, 0.2) is 0 Å². The number of hydrogen-bond donors (Lipinski definition) is 1. The van der Waals surface area contributed by atoms with Crippen molar-refractivity contribution in [2.75, 3.05) is 6.54 Å². The molecule has 0 bridgehead atoms. The molecule has 0 aliphatic heterocycles. The Morgan fingerprint density at radius 2 is 2.25 bits per heavy atom. The van der Waals surface area contributed by atoms with Gasteiger partial charge in [-0.05, 0) is 49.7 Å². The smallest absolute Gasteiger partial charge is 0.0454 e. The highest BCUT2D eigenvalue weighted by atomic mass is 32.1. The van der Waals surface area contributed by atoms with Crippen LogP contribution in [-0.4, -0.2) is 6.54 Å². The fraction of sp³-hybridized carbons (Fsp3) is 0.571. The number of thiophene rings is 1. The average Bonchev–Trinajstić information content (AvgIpc) is 2.71. The Labute approximate surface area is 104 Å². The first-order valence-corrected chi connectivity index (χ1v) is 7.01. The minimum absolute atomic E-state index is 0.465. The van der Waals surface area contributed by atoms with Crippen molar-refractivity contribution in [1.82, 2.24) is 5.32 Å². The maximum absolute atomic E-state index is 4.03. The van der Waals surface area contributed by atoms with Crippen molar-refractivity contribution in [3.63, 3.8) is 0 Å². The van der Waals surface area contributed by atoms with E-state index in [9.17, 15) is 0 Å². The molecular formula is C14H23NS. The average molecular weight is 237 g/mol. The van der Waals surface area contributed by atoms with Gasteiger partial charge in [0.25, 0.3) is 0 Å². The van der Waals surface area contributed by atoms with Crippen molar-refractivity contribution in [3.05, 3.63) is 34.0 Å². The number of aryl methyl sites for hydroxylation is 1. The van der Waals surface area contributed by atoms with Crippen LogP contribution in [0, 0.1) is 0 Å². The molecule has 1 nitrogen and oxygen atoms in total. The van der Waals surface area contributed by atoms with Gasteiger partial charge < -0.3 is 5.32 Å². The number of hydrogen-bond acceptors (Lipinski definition) is 2. The van der Waals surface area contributed by atoms with Gasteiger partial charge in [-0.1, -0.05) is 19.4 Å². The first kappa shape index (κ1) is 13.5. The summed E-state index contributed by atoms with van der Waals surface area (Å²) in [6.07, 6.45) is 3.35. The van der Waals surface area contributed by atoms with E-state index in [1.54, 1.807) is 0 Å². The Balaban J connectivity index is 2.78. The molecule has 2 heteroatoms. The third kappa shape index (κ3) is 3.76. The predicted molar refractivity (Wildman–Crippen MR) is 74.2 cm³/mol. The van der Waals surface area contributed by atoms with Crippen molar-refractivity contribution >= 4 is 11.3 Å². The van der Waals surface area contributed by atoms with Crippen LogP contribution in [0.4, 0.5) is 0 Å². The molecule has 0 aliphatic rings. The molecule has 0 radical (unpaired) electrons. The molecule has 1 atom stereocenters. The largest absolute Gasteiger partial charge is 0.309 e. The lowest BCUT2D eigenvalue weighted by Crippen LogP contribution is -2.22. The summed E-state index contributed by atoms with van der Waals surface area (Å²) in [5.74, 6) is 0. The highest BCUT2D eigenvalue weighted by Crippen LogP contribution is 2.29. The zero-order valence-corrected chi connectivity index (χ0v) is 11.5. The topological polar surface area (TPSA) is 12.0 Å². The maximum atomic E-state index is 4.03. The van der Waals surface area contributed by atoms with Crippen LogP contribution in [0.25, 0.3) is 0 Å². The van der Waals surface area contributed by atoms with Gasteiger partial charge in [-0.2, -0.15) is 0 Å². The van der Waals surface area contributed by atoms with Crippen molar-refractivity contribution in [1.29, 1.82) is 0 Å². The summed E-state index contributed by atoms with van der Waals surface area (Å²) in [7, 11) is 0. The third-order valence-corrected chi connectivity index (χ3v) is 3.74. The van der Waals surface area contributed by atoms with E-state index in [2.05, 4.69) is 44.1 Å². The maximum Gasteiger partial charge on any atom is 0.0454 e. The van der Waals surface area contributed by atoms with Gasteiger partial charge in [0.2, 0.25) is 0 Å². The van der Waals surface area contributed by atoms with Gasteiger partial charge in [0, 0.05) is 10.9 Å². The minimum atomic E-state index is 0.465. The molecule has 90 valence electrons. The molecule has 1 unspecified atom stereocenters. The molecule has 0 aliphatic carbocycles. The van der Waals surface area contributed by atoms with Gasteiger partial charge >= 0.3 is 0 Å². The molecule has 1 heterocycles. The third-order valence-electron chi connectivity index (χ3n) is 2.67. The SMILES string of the molecule is C=C(C)CC(NCCC)c1sccc1CC. The van der Waals surface area contributed by atoms with Crippen LogP contribution in [0.2, 0.25) is 0 Å². The van der Waals surface area contributed by atoms with Gasteiger partial charge in [-0.25, -0.2) is 0 Å². The normalized spacial score (nSPS) is 12.7. The molecule has 0 amide bonds. The van der Waals surface area contributed by atoms with Crippen LogP contribution < -0.4 is 5.32 Å². The van der Waals surface area contributed by atoms with Gasteiger partial charge in [-0.3, -0.25) is 0 Å². The Kier molecular flexibility index (Phi) is 5.78. The second kappa shape index (κ2) is 6.87. The quantitative estimate of drug-likeness (QED) is 0.697. The zero-order valence-electron chi connectivity index (χ0n) is 10.7. The van der Waals surface area contributed by atoms with Crippen molar-refractivity contribution in [2.45, 2.75) is 46.1 Å². The van der Waals surface area contributed by atoms with Crippen LogP contribution in [0.1, 0.15) is 50.1 Å². The Morgan fingerprint density at radius 3 is 2.81 bits per heavy atom. The summed E-state index contributed by atoms with van der Waals surface area (Å²) in [5, 5.41) is 5.83. The monoisotopic (exact) mass is 237 g/mol. The first-order chi connectivity index (χ1) is 7.69. The highest BCUT2D eigenvalue weighted by Gasteiger charge is 2.15. The molecule has 0 fully saturated rings. The summed E-state index contributed by atoms with van der Waals surface area (Å²) in [6, 6.07) is 2.71. The lowest BCUT2D eigenvalue weighted by Gasteiger charge is -2.19. The van der Waals surface area contributed by atoms with Gasteiger partial charge in [0.1, 0.15) is 0 Å². The Morgan fingerprint density at radius 1 is 1.50 bits per heavy atom. The molecule has 0 aromatic carbocycles. The lowest BCUT2D eigenvalue weighted by molar-refractivity contribution is 0.532. The summed E-state index contributed by atoms with van der Waals surface area (Å²) in [4.78, 5) is 1.50. The zero-order chi connectivity index (χ0) is 12.0. The van der Waals surface area contributed by atoms with Crippen LogP contribution in [0.5, 0.6) is 0 Å². The van der Waals surface area contributed by atoms with E-state index in [-0.39, 0.29) is 0 Å². The first-order valence-electron chi connectivity index (χ1n) is 6.13. The number of nitrogens with one attached hydrogen (secondary N) is 1. The summed E-state index contributed by atoms with van der Waals surface area (Å²) in [6.45, 7) is 11.7. The second-order valence-electron chi connectivity index (χ2n) is 4.33. The molecule has 16 heavy (non-hydrogen) atoms. The molecule has 1 aromatic heterocycles. The molecule has 1 aromatic rings. The molecule has 1 N–H and O–H groups in total. The summed E-state index contributed by atoms with van der Waals surface area (Å²) < 4.78 is 0. The fourth-order valence-corrected chi connectivity index (χ4v) is 2.94. The molecule has 0 saturated heterocycles. The Bertz CT molecular complexity index is 327. The van der Waals surface area contributed by atoms with E-state index in [1.165, 1.54) is 22.4 Å². The lowest BCUT2D eigenvalue weighted by atomic mass is 10.0. The minimum Gasteiger partial charge on any atom is -0.309 e. The predicted octanol–water partition coefficient (Wildman–Crippen LogP) is 4.32. The van der Waals surface area contributed by atoms with Gasteiger partial charge in [-0.15, -0.1) is 17.9 Å². The summed E-state index contributed by atoms with van der Waals surface area (Å²) >= 11 is 1.87. The summed E-state index contributed by atoms with van der Waals surface area (Å²) in [5.41, 5.74) is 2.74. The highest BCUT2D eigenvalue weighted by molar-refractivity contribution is 7.10. The van der Waals surface area contributed by atoms with Crippen molar-refractivity contribution in [3.8, 4) is 0 Å². The van der Waals surface area contributed by atoms with E-state index < -0.39 is 0 Å². The van der Waals surface area contributed by atoms with E-state index in [1.807, 2.05) is 11.3 Å². The van der Waals surface area contributed by atoms with Crippen LogP contribution >= 0.6 is 11.3 Å². The van der Waals surface area contributed by atoms with Crippen LogP contribution in [0.15, 0.2) is 23.6 Å². The van der Waals surface area contributed by atoms with E-state index in [4.69, 9.17) is 0 Å². The second-order valence-corrected chi connectivity index (χ2v) is 5.28. The van der Waals surface area contributed by atoms with Crippen LogP contribution in [0.3, 0.4) is 0 Å². The number of rotatable bonds is 7. The van der Waals surface area contributed by atoms with Crippen molar-refractivity contribution < 1.29 is 0 Å². The molecule has 0 saturated carbocycles. The van der Waals surface area contributed by atoms with Crippen molar-refractivity contribution in [2.24, 2.45) is 0 Å². The molecular weight excluding hydrogens is 214 g/mol. The van der Waals surface area contributed by atoms with E-state index >= 15 is 0 Å².